The molecule has 126 valence electrons. The van der Waals surface area contributed by atoms with Gasteiger partial charge in [-0.2, -0.15) is 0 Å². The van der Waals surface area contributed by atoms with E-state index in [2.05, 4.69) is 83.9 Å². The molecule has 0 aliphatic heterocycles. The van der Waals surface area contributed by atoms with E-state index < -0.39 is 0 Å². The number of nitrogens with one attached hydrogen (secondary N) is 1. The van der Waals surface area contributed by atoms with Gasteiger partial charge in [0.05, 0.1) is 5.52 Å². The van der Waals surface area contributed by atoms with Crippen LogP contribution in [-0.2, 0) is 0 Å². The Balaban J connectivity index is 1.70. The van der Waals surface area contributed by atoms with Crippen molar-refractivity contribution in [3.8, 4) is 11.1 Å². The molecule has 0 amide bonds. The second-order valence-electron chi connectivity index (χ2n) is 7.79. The fraction of sp³-hybridized carbons (Fsp3) is 0.0769. The van der Waals surface area contributed by atoms with E-state index in [9.17, 15) is 0 Å². The first kappa shape index (κ1) is 13.8. The summed E-state index contributed by atoms with van der Waals surface area (Å²) in [6.45, 7) is 0. The smallest absolute Gasteiger partial charge is 0.0544 e. The molecule has 7 rings (SSSR count). The first-order valence-electron chi connectivity index (χ1n) is 9.66. The molecule has 0 fully saturated rings. The number of aromatic amines is 1. The number of H-pyrrole nitrogens is 1. The summed E-state index contributed by atoms with van der Waals surface area (Å²) in [5.74, 6) is 0.506. The molecule has 1 N–H and O–H groups in total. The molecule has 0 saturated heterocycles. The van der Waals surface area contributed by atoms with Crippen molar-refractivity contribution in [1.82, 2.24) is 4.98 Å². The van der Waals surface area contributed by atoms with Crippen molar-refractivity contribution in [3.05, 3.63) is 89.5 Å². The zero-order valence-electron chi connectivity index (χ0n) is 14.8. The Bertz CT molecular complexity index is 1450. The van der Waals surface area contributed by atoms with E-state index in [1.807, 2.05) is 0 Å². The van der Waals surface area contributed by atoms with E-state index in [4.69, 9.17) is 0 Å². The van der Waals surface area contributed by atoms with Crippen molar-refractivity contribution in [1.29, 1.82) is 0 Å². The Morgan fingerprint density at radius 2 is 1.70 bits per heavy atom. The van der Waals surface area contributed by atoms with Crippen LogP contribution in [0, 0.1) is 0 Å². The number of rotatable bonds is 0. The number of fused-ring (bicyclic) bond motifs is 9. The third kappa shape index (κ3) is 1.61. The second kappa shape index (κ2) is 4.69. The molecule has 4 aromatic carbocycles. The lowest BCUT2D eigenvalue weighted by Crippen LogP contribution is -2.01. The average Bonchev–Trinajstić information content (AvgIpc) is 3.26. The number of benzene rings is 4. The van der Waals surface area contributed by atoms with Gasteiger partial charge in [0.2, 0.25) is 0 Å². The van der Waals surface area contributed by atoms with Gasteiger partial charge in [-0.05, 0) is 45.7 Å². The quantitative estimate of drug-likeness (QED) is 0.311. The van der Waals surface area contributed by atoms with Gasteiger partial charge in [0, 0.05) is 27.6 Å². The number of allylic oxidation sites excluding steroid dienone is 1. The van der Waals surface area contributed by atoms with E-state index in [-0.39, 0.29) is 0 Å². The maximum absolute atomic E-state index is 3.76. The van der Waals surface area contributed by atoms with Crippen LogP contribution in [0.5, 0.6) is 0 Å². The maximum Gasteiger partial charge on any atom is 0.0544 e. The first-order valence-corrected chi connectivity index (χ1v) is 9.66. The van der Waals surface area contributed by atoms with Crippen LogP contribution in [-0.4, -0.2) is 4.98 Å². The van der Waals surface area contributed by atoms with Crippen LogP contribution < -0.4 is 0 Å². The molecule has 1 heteroatoms. The summed E-state index contributed by atoms with van der Waals surface area (Å²) < 4.78 is 0. The summed E-state index contributed by atoms with van der Waals surface area (Å²) in [5, 5.41) is 5.30. The lowest BCUT2D eigenvalue weighted by molar-refractivity contribution is 0.846. The highest BCUT2D eigenvalue weighted by molar-refractivity contribution is 6.20. The van der Waals surface area contributed by atoms with Gasteiger partial charge in [-0.1, -0.05) is 72.8 Å². The molecular weight excluding hydrogens is 326 g/mol. The predicted molar refractivity (Wildman–Crippen MR) is 114 cm³/mol. The highest BCUT2D eigenvalue weighted by Gasteiger charge is 2.33. The third-order valence-electron chi connectivity index (χ3n) is 6.50. The maximum atomic E-state index is 3.76. The summed E-state index contributed by atoms with van der Waals surface area (Å²) in [4.78, 5) is 3.76. The molecule has 1 heterocycles. The molecule has 27 heavy (non-hydrogen) atoms. The average molecular weight is 343 g/mol. The van der Waals surface area contributed by atoms with Crippen molar-refractivity contribution in [2.45, 2.75) is 12.3 Å². The molecular formula is C26H17N. The number of hydrogen-bond acceptors (Lipinski definition) is 0. The topological polar surface area (TPSA) is 15.8 Å². The third-order valence-corrected chi connectivity index (χ3v) is 6.50. The van der Waals surface area contributed by atoms with Gasteiger partial charge >= 0.3 is 0 Å². The van der Waals surface area contributed by atoms with Crippen LogP contribution in [0.1, 0.15) is 29.0 Å². The standard InChI is InChI=1S/C26H17N/c1-2-7-16-15(6-1)12-13-21-25-20-11-5-10-19-17-8-3-4-9-18(17)22(24(19)20)14-23(25)27-26(16)21/h1-9,11-14,19,27H,10H2. The van der Waals surface area contributed by atoms with Crippen LogP contribution in [0.2, 0.25) is 0 Å². The van der Waals surface area contributed by atoms with Crippen LogP contribution in [0.15, 0.2) is 72.8 Å². The van der Waals surface area contributed by atoms with Crippen molar-refractivity contribution >= 4 is 38.7 Å². The van der Waals surface area contributed by atoms with E-state index in [1.54, 1.807) is 0 Å². The van der Waals surface area contributed by atoms with Gasteiger partial charge in [0.25, 0.3) is 0 Å². The fourth-order valence-corrected chi connectivity index (χ4v) is 5.40. The minimum Gasteiger partial charge on any atom is -0.354 e. The molecule has 1 atom stereocenters. The highest BCUT2D eigenvalue weighted by Crippen LogP contribution is 2.53. The van der Waals surface area contributed by atoms with E-state index in [0.717, 1.165) is 6.42 Å². The summed E-state index contributed by atoms with van der Waals surface area (Å²) in [6, 6.07) is 24.5. The van der Waals surface area contributed by atoms with Crippen LogP contribution >= 0.6 is 0 Å². The molecule has 1 nitrogen and oxygen atoms in total. The SMILES string of the molecule is C1=Cc2c3c(cc4[nH]c5c6ccccc6ccc5c24)-c2ccccc2C3C1. The minimum absolute atomic E-state index is 0.506. The Hall–Kier alpha value is -3.32. The lowest BCUT2D eigenvalue weighted by atomic mass is 9.84. The zero-order chi connectivity index (χ0) is 17.5. The molecule has 0 radical (unpaired) electrons. The largest absolute Gasteiger partial charge is 0.354 e. The summed E-state index contributed by atoms with van der Waals surface area (Å²) in [5.41, 5.74) is 9.76. The summed E-state index contributed by atoms with van der Waals surface area (Å²) in [6.07, 6.45) is 5.82. The van der Waals surface area contributed by atoms with Gasteiger partial charge in [0.15, 0.2) is 0 Å². The predicted octanol–water partition coefficient (Wildman–Crippen LogP) is 7.00. The normalized spacial score (nSPS) is 17.0. The molecule has 5 aromatic rings. The van der Waals surface area contributed by atoms with Crippen LogP contribution in [0.3, 0.4) is 0 Å². The Morgan fingerprint density at radius 3 is 2.70 bits per heavy atom. The summed E-state index contributed by atoms with van der Waals surface area (Å²) in [7, 11) is 0. The molecule has 1 unspecified atom stereocenters. The van der Waals surface area contributed by atoms with Crippen molar-refractivity contribution in [2.75, 3.05) is 0 Å². The van der Waals surface area contributed by atoms with E-state index in [0.29, 0.717) is 5.92 Å². The second-order valence-corrected chi connectivity index (χ2v) is 7.79. The highest BCUT2D eigenvalue weighted by atomic mass is 14.7. The molecule has 2 aliphatic rings. The van der Waals surface area contributed by atoms with Gasteiger partial charge in [0.1, 0.15) is 0 Å². The zero-order valence-corrected chi connectivity index (χ0v) is 14.8. The minimum atomic E-state index is 0.506. The van der Waals surface area contributed by atoms with E-state index in [1.165, 1.54) is 60.4 Å². The Kier molecular flexibility index (Phi) is 2.40. The molecule has 0 bridgehead atoms. The summed E-state index contributed by atoms with van der Waals surface area (Å²) >= 11 is 0. The molecule has 0 saturated carbocycles. The fourth-order valence-electron chi connectivity index (χ4n) is 5.40. The van der Waals surface area contributed by atoms with Crippen molar-refractivity contribution in [3.63, 3.8) is 0 Å². The van der Waals surface area contributed by atoms with Gasteiger partial charge < -0.3 is 4.98 Å². The Morgan fingerprint density at radius 1 is 0.815 bits per heavy atom. The number of hydrogen-bond donors (Lipinski definition) is 1. The monoisotopic (exact) mass is 343 g/mol. The first-order chi connectivity index (χ1) is 13.4. The van der Waals surface area contributed by atoms with Crippen LogP contribution in [0.4, 0.5) is 0 Å². The van der Waals surface area contributed by atoms with Gasteiger partial charge in [-0.15, -0.1) is 0 Å². The lowest BCUT2D eigenvalue weighted by Gasteiger charge is -2.19. The molecule has 2 aliphatic carbocycles. The Labute approximate surface area is 157 Å². The number of aromatic nitrogens is 1. The van der Waals surface area contributed by atoms with E-state index >= 15 is 0 Å². The molecule has 0 spiro atoms. The molecule has 1 aromatic heterocycles. The van der Waals surface area contributed by atoms with Crippen molar-refractivity contribution < 1.29 is 0 Å². The van der Waals surface area contributed by atoms with Crippen molar-refractivity contribution in [2.24, 2.45) is 0 Å². The van der Waals surface area contributed by atoms with Gasteiger partial charge in [-0.3, -0.25) is 0 Å². The van der Waals surface area contributed by atoms with Crippen LogP contribution in [0.25, 0.3) is 49.8 Å². The van der Waals surface area contributed by atoms with Gasteiger partial charge in [-0.25, -0.2) is 0 Å².